The summed E-state index contributed by atoms with van der Waals surface area (Å²) < 4.78 is 0. The molecular weight excluding hydrogens is 326 g/mol. The number of para-hydroxylation sites is 1. The number of hydrogen-bond donors (Lipinski definition) is 2. The molecule has 6 heteroatoms. The number of amides is 1. The van der Waals surface area contributed by atoms with E-state index in [4.69, 9.17) is 5.73 Å². The Morgan fingerprint density at radius 3 is 2.65 bits per heavy atom. The van der Waals surface area contributed by atoms with Gasteiger partial charge >= 0.3 is 0 Å². The smallest absolute Gasteiger partial charge is 0.255 e. The largest absolute Gasteiger partial charge is 0.384 e. The van der Waals surface area contributed by atoms with Crippen molar-refractivity contribution in [2.24, 2.45) is 0 Å². The fourth-order valence-corrected chi connectivity index (χ4v) is 2.60. The molecular formula is C20H21N5O. The van der Waals surface area contributed by atoms with Gasteiger partial charge in [0.25, 0.3) is 5.91 Å². The van der Waals surface area contributed by atoms with Crippen LogP contribution in [0.2, 0.25) is 0 Å². The zero-order valence-corrected chi connectivity index (χ0v) is 14.6. The first-order valence-corrected chi connectivity index (χ1v) is 8.31. The Morgan fingerprint density at radius 1 is 1.08 bits per heavy atom. The van der Waals surface area contributed by atoms with E-state index < -0.39 is 0 Å². The Labute approximate surface area is 152 Å². The van der Waals surface area contributed by atoms with Gasteiger partial charge in [-0.1, -0.05) is 24.3 Å². The van der Waals surface area contributed by atoms with E-state index in [-0.39, 0.29) is 5.91 Å². The van der Waals surface area contributed by atoms with Gasteiger partial charge in [0.1, 0.15) is 5.82 Å². The van der Waals surface area contributed by atoms with Gasteiger partial charge in [-0.25, -0.2) is 4.98 Å². The second-order valence-electron chi connectivity index (χ2n) is 6.01. The van der Waals surface area contributed by atoms with Gasteiger partial charge in [0, 0.05) is 44.4 Å². The molecule has 2 aromatic heterocycles. The predicted octanol–water partition coefficient (Wildman–Crippen LogP) is 2.94. The van der Waals surface area contributed by atoms with Gasteiger partial charge in [0.15, 0.2) is 0 Å². The lowest BCUT2D eigenvalue weighted by Crippen LogP contribution is -2.27. The van der Waals surface area contributed by atoms with Crippen molar-refractivity contribution < 1.29 is 4.79 Å². The maximum Gasteiger partial charge on any atom is 0.255 e. The van der Waals surface area contributed by atoms with Crippen LogP contribution < -0.4 is 11.1 Å². The van der Waals surface area contributed by atoms with Crippen molar-refractivity contribution in [2.75, 3.05) is 18.1 Å². The molecule has 2 heterocycles. The van der Waals surface area contributed by atoms with Crippen molar-refractivity contribution >= 4 is 17.4 Å². The van der Waals surface area contributed by atoms with Crippen molar-refractivity contribution in [1.82, 2.24) is 14.9 Å². The van der Waals surface area contributed by atoms with E-state index >= 15 is 0 Å². The number of hydrogen-bond acceptors (Lipinski definition) is 5. The van der Waals surface area contributed by atoms with Crippen molar-refractivity contribution in [3.8, 4) is 0 Å². The molecule has 0 saturated carbocycles. The van der Waals surface area contributed by atoms with E-state index in [1.807, 2.05) is 42.5 Å². The number of carbonyl (C=O) groups excluding carboxylic acids is 1. The molecule has 0 unspecified atom stereocenters. The minimum Gasteiger partial charge on any atom is -0.384 e. The first kappa shape index (κ1) is 17.4. The fourth-order valence-electron chi connectivity index (χ4n) is 2.60. The summed E-state index contributed by atoms with van der Waals surface area (Å²) in [5.74, 6) is 0.406. The van der Waals surface area contributed by atoms with E-state index in [2.05, 4.69) is 15.3 Å². The fraction of sp³-hybridized carbons (Fsp3) is 0.150. The van der Waals surface area contributed by atoms with Crippen LogP contribution in [0.1, 0.15) is 21.5 Å². The van der Waals surface area contributed by atoms with Crippen LogP contribution in [-0.2, 0) is 13.1 Å². The van der Waals surface area contributed by atoms with E-state index in [1.54, 1.807) is 36.6 Å². The van der Waals surface area contributed by atoms with E-state index in [0.29, 0.717) is 24.5 Å². The highest BCUT2D eigenvalue weighted by Crippen LogP contribution is 2.19. The molecule has 3 N–H and O–H groups in total. The average Bonchev–Trinajstić information content (AvgIpc) is 2.68. The van der Waals surface area contributed by atoms with E-state index in [0.717, 1.165) is 16.8 Å². The molecule has 0 atom stereocenters. The molecule has 3 rings (SSSR count). The van der Waals surface area contributed by atoms with Crippen LogP contribution >= 0.6 is 0 Å². The van der Waals surface area contributed by atoms with Gasteiger partial charge < -0.3 is 16.0 Å². The SMILES string of the molecule is CN(Cc1ccc(N)nc1)C(=O)c1ccccc1NCc1cccnc1. The molecule has 0 spiro atoms. The number of rotatable bonds is 6. The molecule has 0 aliphatic carbocycles. The first-order chi connectivity index (χ1) is 12.6. The van der Waals surface area contributed by atoms with Gasteiger partial charge in [0.2, 0.25) is 0 Å². The highest BCUT2D eigenvalue weighted by Gasteiger charge is 2.16. The van der Waals surface area contributed by atoms with E-state index in [1.165, 1.54) is 0 Å². The Kier molecular flexibility index (Phi) is 5.43. The Morgan fingerprint density at radius 2 is 1.92 bits per heavy atom. The molecule has 0 radical (unpaired) electrons. The molecule has 0 saturated heterocycles. The van der Waals surface area contributed by atoms with Crippen molar-refractivity contribution in [1.29, 1.82) is 0 Å². The van der Waals surface area contributed by atoms with Crippen LogP contribution in [-0.4, -0.2) is 27.8 Å². The molecule has 132 valence electrons. The highest BCUT2D eigenvalue weighted by molar-refractivity contribution is 5.99. The number of aromatic nitrogens is 2. The van der Waals surface area contributed by atoms with Crippen molar-refractivity contribution in [2.45, 2.75) is 13.1 Å². The number of nitrogen functional groups attached to an aromatic ring is 1. The normalized spacial score (nSPS) is 10.3. The minimum absolute atomic E-state index is 0.0592. The van der Waals surface area contributed by atoms with Crippen LogP contribution in [0.5, 0.6) is 0 Å². The van der Waals surface area contributed by atoms with Crippen LogP contribution in [0.4, 0.5) is 11.5 Å². The summed E-state index contributed by atoms with van der Waals surface area (Å²) in [6.07, 6.45) is 5.23. The zero-order valence-electron chi connectivity index (χ0n) is 14.6. The Balaban J connectivity index is 1.71. The minimum atomic E-state index is -0.0592. The molecule has 26 heavy (non-hydrogen) atoms. The lowest BCUT2D eigenvalue weighted by molar-refractivity contribution is 0.0786. The lowest BCUT2D eigenvalue weighted by atomic mass is 10.1. The summed E-state index contributed by atoms with van der Waals surface area (Å²) in [6, 6.07) is 15.0. The van der Waals surface area contributed by atoms with Gasteiger partial charge in [-0.3, -0.25) is 9.78 Å². The lowest BCUT2D eigenvalue weighted by Gasteiger charge is -2.19. The van der Waals surface area contributed by atoms with Crippen molar-refractivity contribution in [3.05, 3.63) is 83.8 Å². The Hall–Kier alpha value is -3.41. The second kappa shape index (κ2) is 8.11. The highest BCUT2D eigenvalue weighted by atomic mass is 16.2. The maximum absolute atomic E-state index is 12.9. The molecule has 0 aliphatic rings. The first-order valence-electron chi connectivity index (χ1n) is 8.31. The third kappa shape index (κ3) is 4.36. The molecule has 1 amide bonds. The molecule has 0 bridgehead atoms. The summed E-state index contributed by atoms with van der Waals surface area (Å²) in [5, 5.41) is 3.32. The molecule has 0 aliphatic heterocycles. The third-order valence-electron chi connectivity index (χ3n) is 3.98. The number of pyridine rings is 2. The second-order valence-corrected chi connectivity index (χ2v) is 6.01. The third-order valence-corrected chi connectivity index (χ3v) is 3.98. The number of benzene rings is 1. The van der Waals surface area contributed by atoms with Gasteiger partial charge in [-0.2, -0.15) is 0 Å². The van der Waals surface area contributed by atoms with E-state index in [9.17, 15) is 4.79 Å². The zero-order chi connectivity index (χ0) is 18.4. The molecule has 6 nitrogen and oxygen atoms in total. The van der Waals surface area contributed by atoms with Crippen LogP contribution in [0.15, 0.2) is 67.1 Å². The van der Waals surface area contributed by atoms with Gasteiger partial charge in [-0.15, -0.1) is 0 Å². The standard InChI is InChI=1S/C20H21N5O/c1-25(14-16-8-9-19(21)24-13-16)20(26)17-6-2-3-7-18(17)23-12-15-5-4-10-22-11-15/h2-11,13,23H,12,14H2,1H3,(H2,21,24). The van der Waals surface area contributed by atoms with Crippen LogP contribution in [0, 0.1) is 0 Å². The summed E-state index contributed by atoms with van der Waals surface area (Å²) in [7, 11) is 1.77. The van der Waals surface area contributed by atoms with Crippen LogP contribution in [0.3, 0.4) is 0 Å². The number of nitrogens with zero attached hydrogens (tertiary/aromatic N) is 3. The average molecular weight is 347 g/mol. The summed E-state index contributed by atoms with van der Waals surface area (Å²) in [6.45, 7) is 1.06. The topological polar surface area (TPSA) is 84.1 Å². The molecule has 0 fully saturated rings. The molecule has 1 aromatic carbocycles. The maximum atomic E-state index is 12.9. The van der Waals surface area contributed by atoms with Gasteiger partial charge in [-0.05, 0) is 35.4 Å². The predicted molar refractivity (Wildman–Crippen MR) is 102 cm³/mol. The quantitative estimate of drug-likeness (QED) is 0.716. The summed E-state index contributed by atoms with van der Waals surface area (Å²) >= 11 is 0. The summed E-state index contributed by atoms with van der Waals surface area (Å²) in [4.78, 5) is 22.7. The number of nitrogens with two attached hydrogens (primary N) is 1. The van der Waals surface area contributed by atoms with Gasteiger partial charge in [0.05, 0.1) is 5.56 Å². The Bertz CT molecular complexity index is 865. The monoisotopic (exact) mass is 347 g/mol. The number of carbonyl (C=O) groups is 1. The summed E-state index contributed by atoms with van der Waals surface area (Å²) in [5.41, 5.74) is 9.01. The number of nitrogens with one attached hydrogen (secondary N) is 1. The van der Waals surface area contributed by atoms with Crippen LogP contribution in [0.25, 0.3) is 0 Å². The van der Waals surface area contributed by atoms with Crippen molar-refractivity contribution in [3.63, 3.8) is 0 Å². The number of anilines is 2. The molecule has 3 aromatic rings.